The van der Waals surface area contributed by atoms with Gasteiger partial charge < -0.3 is 15.1 Å². The van der Waals surface area contributed by atoms with E-state index >= 15 is 0 Å². The normalized spacial score (nSPS) is 15.8. The van der Waals surface area contributed by atoms with E-state index in [0.717, 1.165) is 42.7 Å². The molecule has 4 nitrogen and oxygen atoms in total. The quantitative estimate of drug-likeness (QED) is 0.914. The van der Waals surface area contributed by atoms with Crippen molar-refractivity contribution in [2.45, 2.75) is 18.9 Å². The number of halogens is 1. The zero-order chi connectivity index (χ0) is 17.8. The Morgan fingerprint density at radius 3 is 2.44 bits per heavy atom. The Hall–Kier alpha value is -2.40. The zero-order valence-electron chi connectivity index (χ0n) is 14.7. The zero-order valence-corrected chi connectivity index (χ0v) is 14.7. The first kappa shape index (κ1) is 17.4. The van der Waals surface area contributed by atoms with Gasteiger partial charge in [0.25, 0.3) is 0 Å². The maximum atomic E-state index is 13.3. The lowest BCUT2D eigenvalue weighted by Crippen LogP contribution is -2.46. The predicted octanol–water partition coefficient (Wildman–Crippen LogP) is 4.05. The monoisotopic (exact) mass is 341 g/mol. The topological polar surface area (TPSA) is 35.6 Å². The third kappa shape index (κ3) is 4.37. The highest BCUT2D eigenvalue weighted by Crippen LogP contribution is 2.22. The summed E-state index contributed by atoms with van der Waals surface area (Å²) < 4.78 is 13.3. The van der Waals surface area contributed by atoms with Crippen molar-refractivity contribution in [1.82, 2.24) is 9.80 Å². The molecule has 1 fully saturated rings. The molecular formula is C20H24FN3O. The van der Waals surface area contributed by atoms with Crippen LogP contribution in [0.15, 0.2) is 48.5 Å². The summed E-state index contributed by atoms with van der Waals surface area (Å²) in [6, 6.07) is 14.1. The van der Waals surface area contributed by atoms with Crippen molar-refractivity contribution in [2.24, 2.45) is 0 Å². The van der Waals surface area contributed by atoms with E-state index in [-0.39, 0.29) is 17.9 Å². The average molecular weight is 341 g/mol. The highest BCUT2D eigenvalue weighted by atomic mass is 19.1. The lowest BCUT2D eigenvalue weighted by Gasteiger charge is -2.35. The fourth-order valence-electron chi connectivity index (χ4n) is 3.17. The number of carbonyl (C=O) groups is 1. The van der Waals surface area contributed by atoms with E-state index in [1.54, 1.807) is 11.0 Å². The molecule has 132 valence electrons. The molecule has 1 aliphatic rings. The number of amides is 2. The van der Waals surface area contributed by atoms with Crippen LogP contribution in [-0.4, -0.2) is 49.1 Å². The molecule has 0 spiro atoms. The second-order valence-corrected chi connectivity index (χ2v) is 6.66. The minimum Gasteiger partial charge on any atom is -0.325 e. The number of anilines is 1. The molecule has 1 saturated heterocycles. The van der Waals surface area contributed by atoms with Crippen LogP contribution in [0.3, 0.4) is 0 Å². The van der Waals surface area contributed by atoms with Gasteiger partial charge in [-0.2, -0.15) is 0 Å². The van der Waals surface area contributed by atoms with Gasteiger partial charge in [-0.1, -0.05) is 24.3 Å². The van der Waals surface area contributed by atoms with Crippen LogP contribution in [0.5, 0.6) is 0 Å². The third-order valence-electron chi connectivity index (χ3n) is 4.85. The Labute approximate surface area is 148 Å². The molecule has 25 heavy (non-hydrogen) atoms. The van der Waals surface area contributed by atoms with Gasteiger partial charge >= 0.3 is 6.03 Å². The smallest absolute Gasteiger partial charge is 0.321 e. The van der Waals surface area contributed by atoms with Gasteiger partial charge in [0.15, 0.2) is 0 Å². The van der Waals surface area contributed by atoms with Gasteiger partial charge in [-0.3, -0.25) is 0 Å². The van der Waals surface area contributed by atoms with Crippen LogP contribution in [-0.2, 0) is 0 Å². The predicted molar refractivity (Wildman–Crippen MR) is 99.1 cm³/mol. The minimum absolute atomic E-state index is 0.0898. The Morgan fingerprint density at radius 2 is 1.80 bits per heavy atom. The largest absolute Gasteiger partial charge is 0.325 e. The van der Waals surface area contributed by atoms with Gasteiger partial charge in [-0.05, 0) is 68.4 Å². The van der Waals surface area contributed by atoms with E-state index in [2.05, 4.69) is 17.3 Å². The summed E-state index contributed by atoms with van der Waals surface area (Å²) in [6.07, 6.45) is 2.00. The highest BCUT2D eigenvalue weighted by Gasteiger charge is 2.23. The van der Waals surface area contributed by atoms with E-state index in [1.165, 1.54) is 12.1 Å². The van der Waals surface area contributed by atoms with Crippen LogP contribution in [0.1, 0.15) is 12.8 Å². The molecule has 1 aliphatic heterocycles. The molecule has 0 atom stereocenters. The number of nitrogens with zero attached hydrogens (tertiary/aromatic N) is 2. The van der Waals surface area contributed by atoms with E-state index in [0.29, 0.717) is 0 Å². The molecule has 0 bridgehead atoms. The van der Waals surface area contributed by atoms with Crippen LogP contribution in [0, 0.1) is 5.82 Å². The Balaban J connectivity index is 1.62. The molecule has 0 unspecified atom stereocenters. The van der Waals surface area contributed by atoms with Crippen LogP contribution < -0.4 is 5.32 Å². The molecule has 0 aliphatic carbocycles. The van der Waals surface area contributed by atoms with Gasteiger partial charge in [0, 0.05) is 18.8 Å². The summed E-state index contributed by atoms with van der Waals surface area (Å²) in [4.78, 5) is 16.5. The third-order valence-corrected chi connectivity index (χ3v) is 4.85. The van der Waals surface area contributed by atoms with E-state index < -0.39 is 0 Å². The number of likely N-dealkylation sites (tertiary alicyclic amines) is 1. The molecule has 3 rings (SSSR count). The number of benzene rings is 2. The summed E-state index contributed by atoms with van der Waals surface area (Å²) in [5, 5.41) is 2.94. The lowest BCUT2D eigenvalue weighted by molar-refractivity contribution is 0.156. The number of nitrogens with one attached hydrogen (secondary N) is 1. The standard InChI is InChI=1S/C20H24FN3O/c1-23-12-10-19(11-13-23)24(2)20(25)22-18-8-6-15(7-9-18)16-4-3-5-17(21)14-16/h3-9,14,19H,10-13H2,1-2H3,(H,22,25). The molecule has 0 saturated carbocycles. The molecule has 2 amide bonds. The summed E-state index contributed by atoms with van der Waals surface area (Å²) >= 11 is 0. The van der Waals surface area contributed by atoms with Gasteiger partial charge in [0.05, 0.1) is 0 Å². The highest BCUT2D eigenvalue weighted by molar-refractivity contribution is 5.89. The van der Waals surface area contributed by atoms with E-state index in [4.69, 9.17) is 0 Å². The second-order valence-electron chi connectivity index (χ2n) is 6.66. The molecule has 0 aromatic heterocycles. The van der Waals surface area contributed by atoms with Crippen molar-refractivity contribution in [3.8, 4) is 11.1 Å². The van der Waals surface area contributed by atoms with Crippen molar-refractivity contribution in [3.05, 3.63) is 54.3 Å². The van der Waals surface area contributed by atoms with E-state index in [1.807, 2.05) is 37.4 Å². The maximum absolute atomic E-state index is 13.3. The maximum Gasteiger partial charge on any atom is 0.321 e. The Bertz CT molecular complexity index is 724. The SMILES string of the molecule is CN1CCC(N(C)C(=O)Nc2ccc(-c3cccc(F)c3)cc2)CC1. The first-order valence-electron chi connectivity index (χ1n) is 8.61. The summed E-state index contributed by atoms with van der Waals surface area (Å²) in [6.45, 7) is 2.04. The summed E-state index contributed by atoms with van der Waals surface area (Å²) in [5.74, 6) is -0.255. The summed E-state index contributed by atoms with van der Waals surface area (Å²) in [7, 11) is 3.96. The molecule has 1 N–H and O–H groups in total. The first-order valence-corrected chi connectivity index (χ1v) is 8.61. The van der Waals surface area contributed by atoms with Crippen LogP contribution in [0.2, 0.25) is 0 Å². The van der Waals surface area contributed by atoms with Crippen LogP contribution in [0.25, 0.3) is 11.1 Å². The molecule has 2 aromatic carbocycles. The van der Waals surface area contributed by atoms with Gasteiger partial charge in [-0.25, -0.2) is 9.18 Å². The fraction of sp³-hybridized carbons (Fsp3) is 0.350. The second kappa shape index (κ2) is 7.66. The van der Waals surface area contributed by atoms with E-state index in [9.17, 15) is 9.18 Å². The number of rotatable bonds is 3. The molecule has 1 heterocycles. The van der Waals surface area contributed by atoms with Gasteiger partial charge in [0.1, 0.15) is 5.82 Å². The number of urea groups is 1. The Morgan fingerprint density at radius 1 is 1.12 bits per heavy atom. The summed E-state index contributed by atoms with van der Waals surface area (Å²) in [5.41, 5.74) is 2.48. The van der Waals surface area contributed by atoms with Gasteiger partial charge in [-0.15, -0.1) is 0 Å². The lowest BCUT2D eigenvalue weighted by atomic mass is 10.0. The van der Waals surface area contributed by atoms with Crippen molar-refractivity contribution < 1.29 is 9.18 Å². The number of carbonyl (C=O) groups excluding carboxylic acids is 1. The van der Waals surface area contributed by atoms with Crippen LogP contribution >= 0.6 is 0 Å². The fourth-order valence-corrected chi connectivity index (χ4v) is 3.17. The van der Waals surface area contributed by atoms with Crippen molar-refractivity contribution >= 4 is 11.7 Å². The molecule has 5 heteroatoms. The van der Waals surface area contributed by atoms with Crippen molar-refractivity contribution in [2.75, 3.05) is 32.5 Å². The number of hydrogen-bond acceptors (Lipinski definition) is 2. The molecule has 0 radical (unpaired) electrons. The first-order chi connectivity index (χ1) is 12.0. The number of hydrogen-bond donors (Lipinski definition) is 1. The molecular weight excluding hydrogens is 317 g/mol. The van der Waals surface area contributed by atoms with Crippen molar-refractivity contribution in [1.29, 1.82) is 0 Å². The molecule has 2 aromatic rings. The minimum atomic E-state index is -0.255. The Kier molecular flexibility index (Phi) is 5.34. The van der Waals surface area contributed by atoms with Crippen molar-refractivity contribution in [3.63, 3.8) is 0 Å². The average Bonchev–Trinajstić information content (AvgIpc) is 2.62. The number of piperidine rings is 1. The van der Waals surface area contributed by atoms with Gasteiger partial charge in [0.2, 0.25) is 0 Å². The van der Waals surface area contributed by atoms with Crippen LogP contribution in [0.4, 0.5) is 14.9 Å².